The van der Waals surface area contributed by atoms with Gasteiger partial charge in [0.15, 0.2) is 0 Å². The standard InChI is InChI=1S/C19H24Cl2N4O/c1-3-7-23-8-4-9-24(11-10-23)17-13-22-25(19(26)18(17)21)15-6-5-14(2)16(20)12-15/h5-6,12-13H,3-4,7-11H2,1-2H3. The first-order valence-electron chi connectivity index (χ1n) is 9.03. The summed E-state index contributed by atoms with van der Waals surface area (Å²) in [5.41, 5.74) is 1.96. The predicted molar refractivity (Wildman–Crippen MR) is 108 cm³/mol. The highest BCUT2D eigenvalue weighted by atomic mass is 35.5. The van der Waals surface area contributed by atoms with Crippen LogP contribution < -0.4 is 10.5 Å². The third-order valence-electron chi connectivity index (χ3n) is 4.77. The van der Waals surface area contributed by atoms with Gasteiger partial charge in [0, 0.05) is 24.7 Å². The molecule has 1 aromatic heterocycles. The van der Waals surface area contributed by atoms with E-state index in [9.17, 15) is 4.79 Å². The maximum atomic E-state index is 12.8. The topological polar surface area (TPSA) is 41.4 Å². The van der Waals surface area contributed by atoms with Crippen molar-refractivity contribution in [2.24, 2.45) is 0 Å². The third-order valence-corrected chi connectivity index (χ3v) is 5.53. The molecule has 0 N–H and O–H groups in total. The van der Waals surface area contributed by atoms with E-state index < -0.39 is 0 Å². The molecule has 0 aliphatic carbocycles. The molecule has 0 unspecified atom stereocenters. The van der Waals surface area contributed by atoms with Crippen molar-refractivity contribution in [3.63, 3.8) is 0 Å². The zero-order chi connectivity index (χ0) is 18.7. The van der Waals surface area contributed by atoms with Gasteiger partial charge in [-0.3, -0.25) is 4.79 Å². The Kier molecular flexibility index (Phi) is 6.22. The summed E-state index contributed by atoms with van der Waals surface area (Å²) in [5, 5.41) is 5.15. The Hall–Kier alpha value is -1.56. The maximum absolute atomic E-state index is 12.8. The SMILES string of the molecule is CCCN1CCCN(c2cnn(-c3ccc(C)c(Cl)c3)c(=O)c2Cl)CC1. The Morgan fingerprint density at radius 3 is 2.69 bits per heavy atom. The smallest absolute Gasteiger partial charge is 0.292 e. The molecule has 2 aromatic rings. The van der Waals surface area contributed by atoms with Crippen molar-refractivity contribution >= 4 is 28.9 Å². The molecule has 0 atom stereocenters. The van der Waals surface area contributed by atoms with Crippen LogP contribution in [0.4, 0.5) is 5.69 Å². The van der Waals surface area contributed by atoms with Gasteiger partial charge in [0.05, 0.1) is 17.6 Å². The first-order chi connectivity index (χ1) is 12.5. The van der Waals surface area contributed by atoms with Gasteiger partial charge in [-0.25, -0.2) is 0 Å². The van der Waals surface area contributed by atoms with Crippen LogP contribution in [0.2, 0.25) is 10.0 Å². The molecule has 0 amide bonds. The van der Waals surface area contributed by atoms with Crippen LogP contribution in [0.5, 0.6) is 0 Å². The summed E-state index contributed by atoms with van der Waals surface area (Å²) in [6, 6.07) is 5.42. The van der Waals surface area contributed by atoms with E-state index in [1.807, 2.05) is 19.1 Å². The lowest BCUT2D eigenvalue weighted by molar-refractivity contribution is 0.294. The molecule has 1 aromatic carbocycles. The number of hydrogen-bond acceptors (Lipinski definition) is 4. The second-order valence-corrected chi connectivity index (χ2v) is 7.46. The van der Waals surface area contributed by atoms with E-state index >= 15 is 0 Å². The summed E-state index contributed by atoms with van der Waals surface area (Å²) in [4.78, 5) is 17.4. The van der Waals surface area contributed by atoms with Crippen molar-refractivity contribution in [1.29, 1.82) is 0 Å². The number of aryl methyl sites for hydroxylation is 1. The van der Waals surface area contributed by atoms with E-state index in [0.29, 0.717) is 16.4 Å². The van der Waals surface area contributed by atoms with E-state index in [2.05, 4.69) is 21.8 Å². The van der Waals surface area contributed by atoms with Crippen LogP contribution in [0.1, 0.15) is 25.3 Å². The Balaban J connectivity index is 1.88. The highest BCUT2D eigenvalue weighted by Gasteiger charge is 2.20. The molecule has 0 bridgehead atoms. The molecule has 0 radical (unpaired) electrons. The molecule has 5 nitrogen and oxygen atoms in total. The Morgan fingerprint density at radius 2 is 1.96 bits per heavy atom. The molecule has 140 valence electrons. The zero-order valence-corrected chi connectivity index (χ0v) is 16.7. The van der Waals surface area contributed by atoms with Crippen LogP contribution in [0.15, 0.2) is 29.2 Å². The summed E-state index contributed by atoms with van der Waals surface area (Å²) in [7, 11) is 0. The number of halogens is 2. The van der Waals surface area contributed by atoms with Crippen molar-refractivity contribution in [3.8, 4) is 5.69 Å². The lowest BCUT2D eigenvalue weighted by Crippen LogP contribution is -2.33. The Bertz CT molecular complexity index is 837. The van der Waals surface area contributed by atoms with Gasteiger partial charge in [-0.15, -0.1) is 0 Å². The fourth-order valence-corrected chi connectivity index (χ4v) is 3.72. The molecule has 0 spiro atoms. The molecule has 26 heavy (non-hydrogen) atoms. The average Bonchev–Trinajstić information content (AvgIpc) is 2.86. The highest BCUT2D eigenvalue weighted by molar-refractivity contribution is 6.33. The van der Waals surface area contributed by atoms with E-state index in [0.717, 1.165) is 51.1 Å². The first-order valence-corrected chi connectivity index (χ1v) is 9.78. The first kappa shape index (κ1) is 19.2. The molecule has 0 saturated carbocycles. The molecule has 3 rings (SSSR count). The fourth-order valence-electron chi connectivity index (χ4n) is 3.29. The minimum Gasteiger partial charge on any atom is -0.368 e. The second kappa shape index (κ2) is 8.42. The van der Waals surface area contributed by atoms with Crippen LogP contribution in [-0.2, 0) is 0 Å². The lowest BCUT2D eigenvalue weighted by Gasteiger charge is -2.24. The van der Waals surface area contributed by atoms with E-state index in [1.54, 1.807) is 12.3 Å². The van der Waals surface area contributed by atoms with Gasteiger partial charge < -0.3 is 9.80 Å². The van der Waals surface area contributed by atoms with Crippen molar-refractivity contribution in [2.45, 2.75) is 26.7 Å². The molecule has 1 fully saturated rings. The third kappa shape index (κ3) is 4.05. The molecule has 7 heteroatoms. The molecule has 1 aliphatic heterocycles. The summed E-state index contributed by atoms with van der Waals surface area (Å²) >= 11 is 12.6. The second-order valence-electron chi connectivity index (χ2n) is 6.68. The van der Waals surface area contributed by atoms with Gasteiger partial charge in [-0.2, -0.15) is 9.78 Å². The molecule has 1 aliphatic rings. The van der Waals surface area contributed by atoms with Gasteiger partial charge >= 0.3 is 0 Å². The van der Waals surface area contributed by atoms with Gasteiger partial charge in [-0.1, -0.05) is 36.2 Å². The fraction of sp³-hybridized carbons (Fsp3) is 0.474. The van der Waals surface area contributed by atoms with Crippen molar-refractivity contribution < 1.29 is 0 Å². The quantitative estimate of drug-likeness (QED) is 0.791. The van der Waals surface area contributed by atoms with E-state index in [1.165, 1.54) is 4.68 Å². The molecule has 2 heterocycles. The van der Waals surface area contributed by atoms with Gasteiger partial charge in [0.25, 0.3) is 5.56 Å². The number of hydrogen-bond donors (Lipinski definition) is 0. The monoisotopic (exact) mass is 394 g/mol. The number of nitrogens with zero attached hydrogens (tertiary/aromatic N) is 4. The molecule has 1 saturated heterocycles. The minimum atomic E-state index is -0.321. The van der Waals surface area contributed by atoms with Gasteiger partial charge in [0.2, 0.25) is 0 Å². The number of rotatable bonds is 4. The predicted octanol–water partition coefficient (Wildman–Crippen LogP) is 3.77. The number of anilines is 1. The summed E-state index contributed by atoms with van der Waals surface area (Å²) in [6.45, 7) is 8.99. The zero-order valence-electron chi connectivity index (χ0n) is 15.2. The van der Waals surface area contributed by atoms with Crippen LogP contribution in [0.25, 0.3) is 5.69 Å². The summed E-state index contributed by atoms with van der Waals surface area (Å²) in [5.74, 6) is 0. The Labute approximate surface area is 164 Å². The van der Waals surface area contributed by atoms with Crippen LogP contribution in [-0.4, -0.2) is 47.4 Å². The molecular formula is C19H24Cl2N4O. The van der Waals surface area contributed by atoms with Crippen LogP contribution in [0.3, 0.4) is 0 Å². The average molecular weight is 395 g/mol. The summed E-state index contributed by atoms with van der Waals surface area (Å²) < 4.78 is 1.30. The van der Waals surface area contributed by atoms with Crippen LogP contribution in [0, 0.1) is 6.92 Å². The van der Waals surface area contributed by atoms with Gasteiger partial charge in [-0.05, 0) is 50.6 Å². The maximum Gasteiger partial charge on any atom is 0.292 e. The minimum absolute atomic E-state index is 0.209. The van der Waals surface area contributed by atoms with Crippen molar-refractivity contribution in [3.05, 3.63) is 50.4 Å². The van der Waals surface area contributed by atoms with E-state index in [-0.39, 0.29) is 10.6 Å². The van der Waals surface area contributed by atoms with E-state index in [4.69, 9.17) is 23.2 Å². The van der Waals surface area contributed by atoms with Gasteiger partial charge in [0.1, 0.15) is 5.02 Å². The summed E-state index contributed by atoms with van der Waals surface area (Å²) in [6.07, 6.45) is 3.89. The molecular weight excluding hydrogens is 371 g/mol. The largest absolute Gasteiger partial charge is 0.368 e. The van der Waals surface area contributed by atoms with Crippen LogP contribution >= 0.6 is 23.2 Å². The normalized spacial score (nSPS) is 15.9. The Morgan fingerprint density at radius 1 is 1.15 bits per heavy atom. The van der Waals surface area contributed by atoms with Crippen molar-refractivity contribution in [1.82, 2.24) is 14.7 Å². The lowest BCUT2D eigenvalue weighted by atomic mass is 10.2. The van der Waals surface area contributed by atoms with Crippen molar-refractivity contribution in [2.75, 3.05) is 37.6 Å². The number of benzene rings is 1. The number of aromatic nitrogens is 2. The highest BCUT2D eigenvalue weighted by Crippen LogP contribution is 2.24.